The number of carbonyl (C=O) groups is 3. The van der Waals surface area contributed by atoms with Crippen molar-refractivity contribution in [3.8, 4) is 5.75 Å². The zero-order chi connectivity index (χ0) is 25.6. The largest absolute Gasteiger partial charge is 0.497 e. The van der Waals surface area contributed by atoms with Gasteiger partial charge in [0.05, 0.1) is 18.0 Å². The van der Waals surface area contributed by atoms with Crippen LogP contribution in [0.5, 0.6) is 5.75 Å². The Labute approximate surface area is 210 Å². The molecule has 0 aromatic heterocycles. The van der Waals surface area contributed by atoms with Gasteiger partial charge in [-0.15, -0.1) is 16.8 Å². The molecule has 1 aliphatic rings. The van der Waals surface area contributed by atoms with E-state index in [1.807, 2.05) is 43.3 Å². The van der Waals surface area contributed by atoms with Crippen molar-refractivity contribution in [3.63, 3.8) is 0 Å². The summed E-state index contributed by atoms with van der Waals surface area (Å²) in [6.07, 6.45) is 0.746. The number of anilines is 1. The number of methoxy groups -OCH3 is 1. The summed E-state index contributed by atoms with van der Waals surface area (Å²) in [6.45, 7) is 7.45. The molecule has 0 saturated heterocycles. The Hall–Kier alpha value is -3.20. The minimum Gasteiger partial charge on any atom is -0.497 e. The zero-order valence-corrected chi connectivity index (χ0v) is 21.6. The van der Waals surface area contributed by atoms with Crippen LogP contribution in [0.25, 0.3) is 0 Å². The average Bonchev–Trinajstić information content (AvgIpc) is 2.80. The molecule has 0 saturated carbocycles. The molecule has 2 aromatic rings. The van der Waals surface area contributed by atoms with Gasteiger partial charge in [0.15, 0.2) is 0 Å². The Morgan fingerprint density at radius 3 is 2.40 bits per heavy atom. The first-order valence-electron chi connectivity index (χ1n) is 11.5. The molecule has 2 aromatic carbocycles. The minimum absolute atomic E-state index is 0.201. The van der Waals surface area contributed by atoms with Crippen LogP contribution in [-0.2, 0) is 32.1 Å². The Bertz CT molecular complexity index is 1060. The molecule has 1 heterocycles. The highest BCUT2D eigenvalue weighted by molar-refractivity contribution is 8.01. The number of alkyl carbamates (subject to hydrolysis) is 1. The van der Waals surface area contributed by atoms with Crippen molar-refractivity contribution >= 4 is 35.4 Å². The van der Waals surface area contributed by atoms with Crippen molar-refractivity contribution in [2.24, 2.45) is 0 Å². The number of hydrogen-bond donors (Lipinski definition) is 1. The van der Waals surface area contributed by atoms with E-state index in [0.29, 0.717) is 18.5 Å². The Kier molecular flexibility index (Phi) is 8.67. The molecule has 1 aliphatic heterocycles. The van der Waals surface area contributed by atoms with Crippen molar-refractivity contribution in [1.82, 2.24) is 5.32 Å². The van der Waals surface area contributed by atoms with Gasteiger partial charge in [-0.05, 0) is 69.0 Å². The summed E-state index contributed by atoms with van der Waals surface area (Å²) in [6, 6.07) is 13.0. The summed E-state index contributed by atoms with van der Waals surface area (Å²) in [5.74, 6) is -0.0384. The summed E-state index contributed by atoms with van der Waals surface area (Å²) >= 11 is 1.43. The molecule has 188 valence electrons. The summed E-state index contributed by atoms with van der Waals surface area (Å²) in [7, 11) is 1.60. The lowest BCUT2D eigenvalue weighted by Crippen LogP contribution is -2.43. The van der Waals surface area contributed by atoms with E-state index in [1.54, 1.807) is 33.9 Å². The zero-order valence-electron chi connectivity index (χ0n) is 20.8. The smallest absolute Gasteiger partial charge is 0.407 e. The number of hydrogen-bond acceptors (Lipinski definition) is 7. The van der Waals surface area contributed by atoms with E-state index in [0.717, 1.165) is 26.8 Å². The highest BCUT2D eigenvalue weighted by atomic mass is 32.2. The second kappa shape index (κ2) is 11.5. The topological polar surface area (TPSA) is 94.2 Å². The van der Waals surface area contributed by atoms with Gasteiger partial charge in [-0.2, -0.15) is 0 Å². The van der Waals surface area contributed by atoms with E-state index in [2.05, 4.69) is 5.32 Å². The number of carbonyl (C=O) groups excluding carboxylic acids is 3. The molecule has 1 unspecified atom stereocenters. The van der Waals surface area contributed by atoms with Gasteiger partial charge in [0.2, 0.25) is 0 Å². The fraction of sp³-hybridized carbons (Fsp3) is 0.423. The van der Waals surface area contributed by atoms with Crippen LogP contribution in [0.2, 0.25) is 0 Å². The molecule has 9 heteroatoms. The summed E-state index contributed by atoms with van der Waals surface area (Å²) in [5.41, 5.74) is 1.59. The Morgan fingerprint density at radius 1 is 1.09 bits per heavy atom. The molecule has 1 atom stereocenters. The number of rotatable bonds is 8. The molecule has 1 N–H and O–H groups in total. The maximum Gasteiger partial charge on any atom is 0.407 e. The normalized spacial score (nSPS) is 15.3. The van der Waals surface area contributed by atoms with Crippen molar-refractivity contribution in [2.75, 3.05) is 12.2 Å². The Balaban J connectivity index is 1.82. The van der Waals surface area contributed by atoms with E-state index in [9.17, 15) is 14.4 Å². The van der Waals surface area contributed by atoms with Gasteiger partial charge in [-0.3, -0.25) is 4.79 Å². The third-order valence-corrected chi connectivity index (χ3v) is 6.30. The number of nitrogens with zero attached hydrogens (tertiary/aromatic N) is 1. The molecule has 0 radical (unpaired) electrons. The minimum atomic E-state index is -0.605. The van der Waals surface area contributed by atoms with Crippen LogP contribution in [0.3, 0.4) is 0 Å². The molecule has 0 spiro atoms. The summed E-state index contributed by atoms with van der Waals surface area (Å²) in [5, 5.41) is 3.35. The molecular formula is C26H32N2O6S. The monoisotopic (exact) mass is 500 g/mol. The fourth-order valence-electron chi connectivity index (χ4n) is 3.42. The van der Waals surface area contributed by atoms with E-state index in [-0.39, 0.29) is 18.9 Å². The molecule has 0 aliphatic carbocycles. The molecule has 0 bridgehead atoms. The van der Waals surface area contributed by atoms with Gasteiger partial charge >= 0.3 is 12.1 Å². The van der Waals surface area contributed by atoms with Gasteiger partial charge in [-0.1, -0.05) is 25.1 Å². The Morgan fingerprint density at radius 2 is 1.77 bits per heavy atom. The number of ether oxygens (including phenoxy) is 2. The second-order valence-electron chi connectivity index (χ2n) is 9.16. The van der Waals surface area contributed by atoms with E-state index in [1.165, 1.54) is 11.8 Å². The van der Waals surface area contributed by atoms with E-state index in [4.69, 9.17) is 14.3 Å². The van der Waals surface area contributed by atoms with Crippen molar-refractivity contribution in [2.45, 2.75) is 69.2 Å². The predicted octanol–water partition coefficient (Wildman–Crippen LogP) is 5.03. The van der Waals surface area contributed by atoms with Crippen LogP contribution in [0.15, 0.2) is 47.4 Å². The standard InChI is InChI=1S/C26H32N2O6S/c1-6-7-23(29)34-28-20-14-18(16-27-25(31)33-26(2,3)4)10-13-21(20)35-22(24(28)30)15-17-8-11-19(32-5)12-9-17/h8-14,22H,6-7,15-16H2,1-5H3,(H,27,31). The SMILES string of the molecule is CCCC(=O)ON1C(=O)C(Cc2ccc(OC)cc2)Sc2ccc(CNC(=O)OC(C)(C)C)cc21. The van der Waals surface area contributed by atoms with Gasteiger partial charge in [0, 0.05) is 17.9 Å². The average molecular weight is 501 g/mol. The third kappa shape index (κ3) is 7.39. The van der Waals surface area contributed by atoms with Crippen LogP contribution in [-0.4, -0.2) is 35.9 Å². The van der Waals surface area contributed by atoms with Crippen LogP contribution in [0, 0.1) is 0 Å². The van der Waals surface area contributed by atoms with Gasteiger partial charge in [-0.25, -0.2) is 9.59 Å². The highest BCUT2D eigenvalue weighted by Crippen LogP contribution is 2.41. The molecule has 3 rings (SSSR count). The fourth-order valence-corrected chi connectivity index (χ4v) is 4.61. The quantitative estimate of drug-likeness (QED) is 0.543. The lowest BCUT2D eigenvalue weighted by Gasteiger charge is -2.32. The number of fused-ring (bicyclic) bond motifs is 1. The van der Waals surface area contributed by atoms with E-state index < -0.39 is 22.9 Å². The van der Waals surface area contributed by atoms with Crippen LogP contribution in [0.4, 0.5) is 10.5 Å². The number of amides is 2. The first-order valence-corrected chi connectivity index (χ1v) is 12.4. The third-order valence-electron chi connectivity index (χ3n) is 5.05. The number of nitrogens with one attached hydrogen (secondary N) is 1. The van der Waals surface area contributed by atoms with Crippen molar-refractivity contribution < 1.29 is 28.7 Å². The molecule has 8 nitrogen and oxygen atoms in total. The first-order chi connectivity index (χ1) is 16.6. The highest BCUT2D eigenvalue weighted by Gasteiger charge is 2.36. The number of benzene rings is 2. The van der Waals surface area contributed by atoms with E-state index >= 15 is 0 Å². The summed E-state index contributed by atoms with van der Waals surface area (Å²) in [4.78, 5) is 44.1. The van der Waals surface area contributed by atoms with Crippen LogP contribution < -0.4 is 15.1 Å². The lowest BCUT2D eigenvalue weighted by molar-refractivity contribution is -0.150. The van der Waals surface area contributed by atoms with Gasteiger partial charge in [0.25, 0.3) is 5.91 Å². The molecule has 2 amide bonds. The number of thioether (sulfide) groups is 1. The van der Waals surface area contributed by atoms with Crippen LogP contribution in [0.1, 0.15) is 51.7 Å². The van der Waals surface area contributed by atoms with Crippen molar-refractivity contribution in [1.29, 1.82) is 0 Å². The molecule has 0 fully saturated rings. The molecule has 35 heavy (non-hydrogen) atoms. The van der Waals surface area contributed by atoms with Gasteiger partial charge in [0.1, 0.15) is 11.4 Å². The maximum absolute atomic E-state index is 13.4. The predicted molar refractivity (Wildman–Crippen MR) is 134 cm³/mol. The van der Waals surface area contributed by atoms with Crippen LogP contribution >= 0.6 is 11.8 Å². The summed E-state index contributed by atoms with van der Waals surface area (Å²) < 4.78 is 10.5. The molecular weight excluding hydrogens is 468 g/mol. The van der Waals surface area contributed by atoms with Crippen molar-refractivity contribution in [3.05, 3.63) is 53.6 Å². The lowest BCUT2D eigenvalue weighted by atomic mass is 10.1. The maximum atomic E-state index is 13.4. The second-order valence-corrected chi connectivity index (χ2v) is 10.4. The first kappa shape index (κ1) is 26.4. The number of hydroxylamine groups is 1. The van der Waals surface area contributed by atoms with Gasteiger partial charge < -0.3 is 19.6 Å².